The predicted molar refractivity (Wildman–Crippen MR) is 55.9 cm³/mol. The van der Waals surface area contributed by atoms with Crippen LogP contribution in [0.5, 0.6) is 0 Å². The van der Waals surface area contributed by atoms with Gasteiger partial charge in [-0.2, -0.15) is 0 Å². The first-order valence-electron chi connectivity index (χ1n) is 5.17. The lowest BCUT2D eigenvalue weighted by Crippen LogP contribution is -2.35. The maximum Gasteiger partial charge on any atom is 0.337 e. The monoisotopic (exact) mass is 202 g/mol. The van der Waals surface area contributed by atoms with Crippen LogP contribution in [0.2, 0.25) is 0 Å². The summed E-state index contributed by atoms with van der Waals surface area (Å²) in [7, 11) is 0. The van der Waals surface area contributed by atoms with Gasteiger partial charge in [-0.3, -0.25) is 0 Å². The van der Waals surface area contributed by atoms with Gasteiger partial charge in [0, 0.05) is 0 Å². The summed E-state index contributed by atoms with van der Waals surface area (Å²) in [5, 5.41) is 9.34. The second-order valence-corrected chi connectivity index (χ2v) is 4.75. The van der Waals surface area contributed by atoms with Crippen LogP contribution in [0, 0.1) is 5.92 Å². The van der Waals surface area contributed by atoms with E-state index in [-0.39, 0.29) is 6.10 Å². The second kappa shape index (κ2) is 5.35. The fourth-order valence-electron chi connectivity index (χ4n) is 0.954. The number of hydrogen-bond donors (Lipinski definition) is 1. The highest BCUT2D eigenvalue weighted by molar-refractivity contribution is 5.78. The zero-order valence-corrected chi connectivity index (χ0v) is 9.83. The van der Waals surface area contributed by atoms with Crippen molar-refractivity contribution >= 4 is 5.97 Å². The van der Waals surface area contributed by atoms with E-state index in [1.807, 2.05) is 6.92 Å². The molecule has 0 aliphatic heterocycles. The van der Waals surface area contributed by atoms with Gasteiger partial charge in [0.05, 0.1) is 6.10 Å². The van der Waals surface area contributed by atoms with E-state index in [9.17, 15) is 9.90 Å². The molecule has 0 aromatic rings. The van der Waals surface area contributed by atoms with Crippen LogP contribution >= 0.6 is 0 Å². The van der Waals surface area contributed by atoms with E-state index in [1.54, 1.807) is 0 Å². The molecule has 0 saturated carbocycles. The smallest absolute Gasteiger partial charge is 0.337 e. The van der Waals surface area contributed by atoms with Gasteiger partial charge in [-0.1, -0.05) is 13.8 Å². The maximum atomic E-state index is 11.2. The Labute approximate surface area is 86.5 Å². The fourth-order valence-corrected chi connectivity index (χ4v) is 0.954. The number of ether oxygens (including phenoxy) is 1. The first kappa shape index (κ1) is 13.4. The molecule has 0 bridgehead atoms. The maximum absolute atomic E-state index is 11.2. The average Bonchev–Trinajstić information content (AvgIpc) is 1.99. The van der Waals surface area contributed by atoms with E-state index in [2.05, 4.69) is 13.8 Å². The van der Waals surface area contributed by atoms with Gasteiger partial charge in [0.1, 0.15) is 0 Å². The van der Waals surface area contributed by atoms with Crippen molar-refractivity contribution in [3.05, 3.63) is 0 Å². The molecule has 0 heterocycles. The lowest BCUT2D eigenvalue weighted by atomic mass is 10.1. The number of aliphatic hydroxyl groups is 1. The summed E-state index contributed by atoms with van der Waals surface area (Å²) < 4.78 is 5.08. The number of rotatable bonds is 5. The SMILES string of the molecule is CC(C)CCC(C)OC(=O)C(C)(C)O. The van der Waals surface area contributed by atoms with E-state index in [0.29, 0.717) is 5.92 Å². The highest BCUT2D eigenvalue weighted by Gasteiger charge is 2.27. The molecule has 1 N–H and O–H groups in total. The Bertz CT molecular complexity index is 179. The predicted octanol–water partition coefficient (Wildman–Crippen LogP) is 2.13. The summed E-state index contributed by atoms with van der Waals surface area (Å²) in [5.41, 5.74) is -1.38. The zero-order chi connectivity index (χ0) is 11.4. The van der Waals surface area contributed by atoms with Crippen LogP contribution < -0.4 is 0 Å². The summed E-state index contributed by atoms with van der Waals surface area (Å²) in [6.45, 7) is 8.98. The van der Waals surface area contributed by atoms with Crippen molar-refractivity contribution in [2.24, 2.45) is 5.92 Å². The Morgan fingerprint density at radius 1 is 1.29 bits per heavy atom. The Hall–Kier alpha value is -0.570. The number of esters is 1. The first-order valence-corrected chi connectivity index (χ1v) is 5.17. The Kier molecular flexibility index (Phi) is 5.13. The van der Waals surface area contributed by atoms with Gasteiger partial charge in [0.25, 0.3) is 0 Å². The lowest BCUT2D eigenvalue weighted by Gasteiger charge is -2.20. The fraction of sp³-hybridized carbons (Fsp3) is 0.909. The molecule has 0 saturated heterocycles. The standard InChI is InChI=1S/C11H22O3/c1-8(2)6-7-9(3)14-10(12)11(4,5)13/h8-9,13H,6-7H2,1-5H3. The molecule has 14 heavy (non-hydrogen) atoms. The third-order valence-corrected chi connectivity index (χ3v) is 1.96. The molecule has 3 heteroatoms. The van der Waals surface area contributed by atoms with E-state index >= 15 is 0 Å². The summed E-state index contributed by atoms with van der Waals surface area (Å²) in [4.78, 5) is 11.2. The van der Waals surface area contributed by atoms with Crippen LogP contribution in [0.3, 0.4) is 0 Å². The van der Waals surface area contributed by atoms with Crippen molar-refractivity contribution in [2.75, 3.05) is 0 Å². The molecule has 1 unspecified atom stereocenters. The molecule has 3 nitrogen and oxygen atoms in total. The molecule has 0 amide bonds. The van der Waals surface area contributed by atoms with Crippen LogP contribution in [0.25, 0.3) is 0 Å². The number of hydrogen-bond acceptors (Lipinski definition) is 3. The molecule has 0 aliphatic carbocycles. The molecule has 0 aromatic carbocycles. The van der Waals surface area contributed by atoms with E-state index < -0.39 is 11.6 Å². The van der Waals surface area contributed by atoms with Crippen LogP contribution in [-0.4, -0.2) is 22.8 Å². The summed E-state index contributed by atoms with van der Waals surface area (Å²) in [6, 6.07) is 0. The topological polar surface area (TPSA) is 46.5 Å². The van der Waals surface area contributed by atoms with Crippen LogP contribution in [0.4, 0.5) is 0 Å². The minimum absolute atomic E-state index is 0.115. The number of carbonyl (C=O) groups is 1. The summed E-state index contributed by atoms with van der Waals surface area (Å²) in [6.07, 6.45) is 1.76. The largest absolute Gasteiger partial charge is 0.461 e. The molecule has 0 aromatic heterocycles. The summed E-state index contributed by atoms with van der Waals surface area (Å²) >= 11 is 0. The van der Waals surface area contributed by atoms with Gasteiger partial charge in [-0.25, -0.2) is 4.79 Å². The van der Waals surface area contributed by atoms with Crippen LogP contribution in [0.15, 0.2) is 0 Å². The van der Waals surface area contributed by atoms with Gasteiger partial charge < -0.3 is 9.84 Å². The van der Waals surface area contributed by atoms with Gasteiger partial charge in [-0.05, 0) is 39.5 Å². The van der Waals surface area contributed by atoms with Crippen LogP contribution in [-0.2, 0) is 9.53 Å². The molecular formula is C11H22O3. The minimum atomic E-state index is -1.38. The highest BCUT2D eigenvalue weighted by Crippen LogP contribution is 2.12. The van der Waals surface area contributed by atoms with Crippen molar-refractivity contribution in [3.63, 3.8) is 0 Å². The van der Waals surface area contributed by atoms with Gasteiger partial charge in [0.2, 0.25) is 0 Å². The van der Waals surface area contributed by atoms with Crippen molar-refractivity contribution in [1.29, 1.82) is 0 Å². The normalized spacial score (nSPS) is 14.2. The third kappa shape index (κ3) is 5.97. The van der Waals surface area contributed by atoms with Crippen molar-refractivity contribution in [1.82, 2.24) is 0 Å². The lowest BCUT2D eigenvalue weighted by molar-refractivity contribution is -0.167. The molecule has 0 spiro atoms. The Balaban J connectivity index is 3.83. The first-order chi connectivity index (χ1) is 6.23. The van der Waals surface area contributed by atoms with Crippen molar-refractivity contribution in [2.45, 2.75) is 59.2 Å². The molecular weight excluding hydrogens is 180 g/mol. The molecule has 0 aliphatic rings. The molecule has 1 atom stereocenters. The number of carbonyl (C=O) groups excluding carboxylic acids is 1. The molecule has 0 radical (unpaired) electrons. The summed E-state index contributed by atoms with van der Waals surface area (Å²) in [5.74, 6) is 0.0621. The van der Waals surface area contributed by atoms with E-state index in [4.69, 9.17) is 4.74 Å². The minimum Gasteiger partial charge on any atom is -0.461 e. The van der Waals surface area contributed by atoms with Gasteiger partial charge in [0.15, 0.2) is 5.60 Å². The van der Waals surface area contributed by atoms with E-state index in [0.717, 1.165) is 12.8 Å². The average molecular weight is 202 g/mol. The third-order valence-electron chi connectivity index (χ3n) is 1.96. The second-order valence-electron chi connectivity index (χ2n) is 4.75. The quantitative estimate of drug-likeness (QED) is 0.695. The zero-order valence-electron chi connectivity index (χ0n) is 9.83. The molecule has 0 rings (SSSR count). The Morgan fingerprint density at radius 3 is 2.14 bits per heavy atom. The van der Waals surface area contributed by atoms with E-state index in [1.165, 1.54) is 13.8 Å². The van der Waals surface area contributed by atoms with Gasteiger partial charge >= 0.3 is 5.97 Å². The van der Waals surface area contributed by atoms with Crippen molar-refractivity contribution in [3.8, 4) is 0 Å². The Morgan fingerprint density at radius 2 is 1.79 bits per heavy atom. The molecule has 0 fully saturated rings. The molecule has 84 valence electrons. The van der Waals surface area contributed by atoms with Gasteiger partial charge in [-0.15, -0.1) is 0 Å². The van der Waals surface area contributed by atoms with Crippen LogP contribution in [0.1, 0.15) is 47.5 Å². The highest BCUT2D eigenvalue weighted by atomic mass is 16.6. The van der Waals surface area contributed by atoms with Crippen molar-refractivity contribution < 1.29 is 14.6 Å².